The zero-order chi connectivity index (χ0) is 12.5. The number of imidazole rings is 1. The second-order valence-corrected chi connectivity index (χ2v) is 5.19. The molecule has 18 heavy (non-hydrogen) atoms. The Labute approximate surface area is 111 Å². The Bertz CT molecular complexity index is 557. The number of fused-ring (bicyclic) bond motifs is 1. The van der Waals surface area contributed by atoms with Crippen LogP contribution in [0.3, 0.4) is 0 Å². The number of para-hydroxylation sites is 1. The topological polar surface area (TPSA) is 47.1 Å². The van der Waals surface area contributed by atoms with E-state index in [1.54, 1.807) is 0 Å². The quantitative estimate of drug-likeness (QED) is 0.926. The van der Waals surface area contributed by atoms with Crippen molar-refractivity contribution in [2.24, 2.45) is 0 Å². The first kappa shape index (κ1) is 11.8. The van der Waals surface area contributed by atoms with Crippen molar-refractivity contribution >= 4 is 28.6 Å². The lowest BCUT2D eigenvalue weighted by Gasteiger charge is -2.15. The average Bonchev–Trinajstić information content (AvgIpc) is 2.94. The lowest BCUT2D eigenvalue weighted by Crippen LogP contribution is -2.24. The van der Waals surface area contributed by atoms with Crippen LogP contribution in [0.2, 0.25) is 5.02 Å². The molecule has 1 saturated heterocycles. The van der Waals surface area contributed by atoms with Crippen molar-refractivity contribution in [3.8, 4) is 0 Å². The molecule has 0 aliphatic carbocycles. The van der Waals surface area contributed by atoms with E-state index in [4.69, 9.17) is 17.3 Å². The molecule has 2 aromatic rings. The second-order valence-electron chi connectivity index (χ2n) is 4.78. The third-order valence-electron chi connectivity index (χ3n) is 3.59. The highest BCUT2D eigenvalue weighted by Crippen LogP contribution is 2.25. The first-order valence-corrected chi connectivity index (χ1v) is 6.76. The van der Waals surface area contributed by atoms with E-state index in [1.165, 1.54) is 25.9 Å². The van der Waals surface area contributed by atoms with Crippen LogP contribution in [0.4, 0.5) is 5.95 Å². The molecular weight excluding hydrogens is 248 g/mol. The largest absolute Gasteiger partial charge is 0.369 e. The van der Waals surface area contributed by atoms with Crippen LogP contribution in [0.15, 0.2) is 18.2 Å². The van der Waals surface area contributed by atoms with E-state index in [0.717, 1.165) is 29.1 Å². The van der Waals surface area contributed by atoms with Gasteiger partial charge in [0.1, 0.15) is 0 Å². The van der Waals surface area contributed by atoms with Gasteiger partial charge in [-0.15, -0.1) is 0 Å². The molecule has 0 saturated carbocycles. The molecule has 1 aromatic carbocycles. The number of likely N-dealkylation sites (tertiary alicyclic amines) is 1. The molecule has 1 aliphatic heterocycles. The van der Waals surface area contributed by atoms with Crippen molar-refractivity contribution in [2.45, 2.75) is 19.4 Å². The lowest BCUT2D eigenvalue weighted by molar-refractivity contribution is 0.325. The molecule has 1 aliphatic rings. The number of hydrogen-bond acceptors (Lipinski definition) is 3. The molecule has 5 heteroatoms. The van der Waals surface area contributed by atoms with Crippen LogP contribution in [-0.4, -0.2) is 34.1 Å². The maximum atomic E-state index is 6.24. The smallest absolute Gasteiger partial charge is 0.201 e. The summed E-state index contributed by atoms with van der Waals surface area (Å²) in [5.41, 5.74) is 7.81. The Balaban J connectivity index is 1.88. The van der Waals surface area contributed by atoms with Gasteiger partial charge in [0, 0.05) is 13.1 Å². The summed E-state index contributed by atoms with van der Waals surface area (Å²) in [7, 11) is 0. The van der Waals surface area contributed by atoms with Gasteiger partial charge in [-0.3, -0.25) is 0 Å². The van der Waals surface area contributed by atoms with Crippen LogP contribution in [0.1, 0.15) is 12.8 Å². The predicted molar refractivity (Wildman–Crippen MR) is 74.8 cm³/mol. The molecule has 4 nitrogen and oxygen atoms in total. The van der Waals surface area contributed by atoms with E-state index in [1.807, 2.05) is 22.8 Å². The fourth-order valence-electron chi connectivity index (χ4n) is 2.63. The van der Waals surface area contributed by atoms with Gasteiger partial charge in [0.25, 0.3) is 0 Å². The number of aromatic nitrogens is 2. The van der Waals surface area contributed by atoms with Gasteiger partial charge in [0.05, 0.1) is 16.1 Å². The molecule has 0 amide bonds. The summed E-state index contributed by atoms with van der Waals surface area (Å²) >= 11 is 6.24. The molecule has 0 radical (unpaired) electrons. The third kappa shape index (κ3) is 2.06. The summed E-state index contributed by atoms with van der Waals surface area (Å²) in [6, 6.07) is 5.74. The molecule has 96 valence electrons. The molecular formula is C13H17ClN4. The number of anilines is 1. The number of halogens is 1. The molecule has 0 unspecified atom stereocenters. The standard InChI is InChI=1S/C13H17ClN4/c14-10-4-3-5-11-12(10)18(13(15)16-11)9-8-17-6-1-2-7-17/h3-5H,1-2,6-9H2,(H2,15,16). The van der Waals surface area contributed by atoms with Crippen LogP contribution in [0, 0.1) is 0 Å². The van der Waals surface area contributed by atoms with Crippen molar-refractivity contribution in [3.63, 3.8) is 0 Å². The van der Waals surface area contributed by atoms with Crippen LogP contribution in [-0.2, 0) is 6.54 Å². The van der Waals surface area contributed by atoms with E-state index in [-0.39, 0.29) is 0 Å². The van der Waals surface area contributed by atoms with Crippen LogP contribution in [0.5, 0.6) is 0 Å². The summed E-state index contributed by atoms with van der Waals surface area (Å²) in [6.07, 6.45) is 2.61. The van der Waals surface area contributed by atoms with Gasteiger partial charge in [-0.05, 0) is 38.1 Å². The minimum atomic E-state index is 0.553. The normalized spacial score (nSPS) is 16.7. The van der Waals surface area contributed by atoms with Gasteiger partial charge in [-0.2, -0.15) is 0 Å². The number of rotatable bonds is 3. The highest BCUT2D eigenvalue weighted by molar-refractivity contribution is 6.35. The van der Waals surface area contributed by atoms with E-state index < -0.39 is 0 Å². The van der Waals surface area contributed by atoms with E-state index in [9.17, 15) is 0 Å². The van der Waals surface area contributed by atoms with Gasteiger partial charge < -0.3 is 15.2 Å². The van der Waals surface area contributed by atoms with Crippen LogP contribution in [0.25, 0.3) is 11.0 Å². The second kappa shape index (κ2) is 4.78. The van der Waals surface area contributed by atoms with Crippen LogP contribution < -0.4 is 5.73 Å². The summed E-state index contributed by atoms with van der Waals surface area (Å²) in [5.74, 6) is 0.553. The first-order valence-electron chi connectivity index (χ1n) is 6.38. The maximum absolute atomic E-state index is 6.24. The summed E-state index contributed by atoms with van der Waals surface area (Å²) < 4.78 is 2.02. The first-order chi connectivity index (χ1) is 8.75. The Hall–Kier alpha value is -1.26. The van der Waals surface area contributed by atoms with Crippen molar-refractivity contribution in [2.75, 3.05) is 25.4 Å². The fourth-order valence-corrected chi connectivity index (χ4v) is 2.91. The zero-order valence-electron chi connectivity index (χ0n) is 10.3. The van der Waals surface area contributed by atoms with Gasteiger partial charge >= 0.3 is 0 Å². The molecule has 2 N–H and O–H groups in total. The van der Waals surface area contributed by atoms with Crippen molar-refractivity contribution in [3.05, 3.63) is 23.2 Å². The molecule has 0 atom stereocenters. The molecule has 2 heterocycles. The zero-order valence-corrected chi connectivity index (χ0v) is 11.0. The predicted octanol–water partition coefficient (Wildman–Crippen LogP) is 2.37. The fraction of sp³-hybridized carbons (Fsp3) is 0.462. The molecule has 1 aromatic heterocycles. The average molecular weight is 265 g/mol. The molecule has 1 fully saturated rings. The molecule has 3 rings (SSSR count). The highest BCUT2D eigenvalue weighted by atomic mass is 35.5. The highest BCUT2D eigenvalue weighted by Gasteiger charge is 2.14. The maximum Gasteiger partial charge on any atom is 0.201 e. The number of nitrogens with zero attached hydrogens (tertiary/aromatic N) is 3. The van der Waals surface area contributed by atoms with Crippen molar-refractivity contribution in [1.29, 1.82) is 0 Å². The monoisotopic (exact) mass is 264 g/mol. The van der Waals surface area contributed by atoms with Crippen molar-refractivity contribution < 1.29 is 0 Å². The van der Waals surface area contributed by atoms with Gasteiger partial charge in [-0.1, -0.05) is 17.7 Å². The van der Waals surface area contributed by atoms with E-state index in [2.05, 4.69) is 9.88 Å². The Kier molecular flexibility index (Phi) is 3.14. The number of hydrogen-bond donors (Lipinski definition) is 1. The minimum absolute atomic E-state index is 0.553. The summed E-state index contributed by atoms with van der Waals surface area (Å²) in [5, 5.41) is 0.720. The molecule has 0 spiro atoms. The number of nitrogen functional groups attached to an aromatic ring is 1. The lowest BCUT2D eigenvalue weighted by atomic mass is 10.3. The Morgan fingerprint density at radius 2 is 2.00 bits per heavy atom. The Morgan fingerprint density at radius 3 is 2.78 bits per heavy atom. The van der Waals surface area contributed by atoms with Crippen LogP contribution >= 0.6 is 11.6 Å². The van der Waals surface area contributed by atoms with E-state index in [0.29, 0.717) is 5.95 Å². The van der Waals surface area contributed by atoms with Gasteiger partial charge in [0.15, 0.2) is 0 Å². The Morgan fingerprint density at radius 1 is 1.22 bits per heavy atom. The third-order valence-corrected chi connectivity index (χ3v) is 3.89. The molecule has 0 bridgehead atoms. The van der Waals surface area contributed by atoms with E-state index >= 15 is 0 Å². The number of benzene rings is 1. The minimum Gasteiger partial charge on any atom is -0.369 e. The SMILES string of the molecule is Nc1nc2cccc(Cl)c2n1CCN1CCCC1. The van der Waals surface area contributed by atoms with Gasteiger partial charge in [0.2, 0.25) is 5.95 Å². The summed E-state index contributed by atoms with van der Waals surface area (Å²) in [6.45, 7) is 4.26. The number of nitrogens with two attached hydrogens (primary N) is 1. The van der Waals surface area contributed by atoms with Gasteiger partial charge in [-0.25, -0.2) is 4.98 Å². The summed E-state index contributed by atoms with van der Waals surface area (Å²) in [4.78, 5) is 6.82. The van der Waals surface area contributed by atoms with Crippen molar-refractivity contribution in [1.82, 2.24) is 14.5 Å².